The van der Waals surface area contributed by atoms with E-state index in [4.69, 9.17) is 0 Å². The summed E-state index contributed by atoms with van der Waals surface area (Å²) in [6.45, 7) is 0. The van der Waals surface area contributed by atoms with Crippen molar-refractivity contribution in [2.75, 3.05) is 0 Å². The molecule has 4 heteroatoms. The van der Waals surface area contributed by atoms with Gasteiger partial charge in [-0.1, -0.05) is 60.7 Å². The zero-order valence-electron chi connectivity index (χ0n) is 10.6. The predicted molar refractivity (Wildman–Crippen MR) is 81.3 cm³/mol. The lowest BCUT2D eigenvalue weighted by Crippen LogP contribution is -1.67. The largest absolute Gasteiger partial charge is 0.145 e. The normalized spacial score (nSPS) is 9.40. The third kappa shape index (κ3) is 3.32. The van der Waals surface area contributed by atoms with Gasteiger partial charge in [0.25, 0.3) is 0 Å². The molecule has 3 aromatic rings. The van der Waals surface area contributed by atoms with E-state index in [-0.39, 0.29) is 11.4 Å². The molecule has 98 valence electrons. The van der Waals surface area contributed by atoms with Crippen LogP contribution in [-0.4, -0.2) is 0 Å². The first kappa shape index (κ1) is 13.5. The first-order chi connectivity index (χ1) is 9.85. The highest BCUT2D eigenvalue weighted by Gasteiger charge is 1.98. The summed E-state index contributed by atoms with van der Waals surface area (Å²) < 4.78 is 0. The lowest BCUT2D eigenvalue weighted by atomic mass is 10.1. The van der Waals surface area contributed by atoms with E-state index in [0.29, 0.717) is 0 Å². The molecule has 0 saturated carbocycles. The Hall–Kier alpha value is -2.88. The predicted octanol–water partition coefficient (Wildman–Crippen LogP) is 5.32. The van der Waals surface area contributed by atoms with Crippen LogP contribution in [0.15, 0.2) is 83.2 Å². The van der Waals surface area contributed by atoms with Crippen LogP contribution in [0.4, 0.5) is 11.4 Å². The van der Waals surface area contributed by atoms with Gasteiger partial charge in [0, 0.05) is 0 Å². The molecular formula is C16H12N2O2. The number of nitrogens with zero attached hydrogens (tertiary/aromatic N) is 2. The summed E-state index contributed by atoms with van der Waals surface area (Å²) in [5.41, 5.74) is 0.162. The number of hydrogen-bond acceptors (Lipinski definition) is 4. The molecule has 20 heavy (non-hydrogen) atoms. The van der Waals surface area contributed by atoms with Crippen molar-refractivity contribution < 1.29 is 0 Å². The molecule has 3 aromatic carbocycles. The average Bonchev–Trinajstić information content (AvgIpc) is 2.55. The average molecular weight is 264 g/mol. The van der Waals surface area contributed by atoms with E-state index in [1.54, 1.807) is 12.1 Å². The van der Waals surface area contributed by atoms with Crippen molar-refractivity contribution in [1.29, 1.82) is 0 Å². The zero-order chi connectivity index (χ0) is 14.2. The Balaban J connectivity index is 0.000000147. The van der Waals surface area contributed by atoms with Crippen molar-refractivity contribution in [3.05, 3.63) is 82.6 Å². The van der Waals surface area contributed by atoms with E-state index < -0.39 is 0 Å². The molecule has 0 unspecified atom stereocenters. The minimum atomic E-state index is 0.0810. The van der Waals surface area contributed by atoms with Gasteiger partial charge in [0.15, 0.2) is 0 Å². The van der Waals surface area contributed by atoms with Crippen LogP contribution in [0.2, 0.25) is 0 Å². The van der Waals surface area contributed by atoms with Crippen molar-refractivity contribution in [2.45, 2.75) is 0 Å². The van der Waals surface area contributed by atoms with Gasteiger partial charge in [-0.2, -0.15) is 0 Å². The van der Waals surface area contributed by atoms with Crippen molar-refractivity contribution in [2.24, 2.45) is 10.4 Å². The SMILES string of the molecule is O=Nc1ccccc1N=O.c1ccc2ccccc2c1. The Bertz CT molecular complexity index is 634. The molecule has 0 aliphatic carbocycles. The Morgan fingerprint density at radius 2 is 0.800 bits per heavy atom. The summed E-state index contributed by atoms with van der Waals surface area (Å²) in [6.07, 6.45) is 0. The quantitative estimate of drug-likeness (QED) is 0.588. The number of benzene rings is 3. The molecule has 0 saturated heterocycles. The lowest BCUT2D eigenvalue weighted by Gasteiger charge is -1.92. The van der Waals surface area contributed by atoms with Crippen LogP contribution in [0.25, 0.3) is 10.8 Å². The van der Waals surface area contributed by atoms with E-state index in [9.17, 15) is 9.81 Å². The van der Waals surface area contributed by atoms with Gasteiger partial charge in [0.2, 0.25) is 0 Å². The van der Waals surface area contributed by atoms with Crippen molar-refractivity contribution in [3.8, 4) is 0 Å². The monoisotopic (exact) mass is 264 g/mol. The zero-order valence-corrected chi connectivity index (χ0v) is 10.6. The van der Waals surface area contributed by atoms with Crippen LogP contribution in [-0.2, 0) is 0 Å². The summed E-state index contributed by atoms with van der Waals surface area (Å²) in [7, 11) is 0. The van der Waals surface area contributed by atoms with E-state index in [1.807, 2.05) is 0 Å². The summed E-state index contributed by atoms with van der Waals surface area (Å²) in [5.74, 6) is 0. The summed E-state index contributed by atoms with van der Waals surface area (Å²) in [5, 5.41) is 7.82. The molecule has 0 fully saturated rings. The van der Waals surface area contributed by atoms with Crippen LogP contribution in [0.1, 0.15) is 0 Å². The highest BCUT2D eigenvalue weighted by molar-refractivity contribution is 5.82. The van der Waals surface area contributed by atoms with Crippen LogP contribution in [0.3, 0.4) is 0 Å². The van der Waals surface area contributed by atoms with Crippen molar-refractivity contribution >= 4 is 22.1 Å². The van der Waals surface area contributed by atoms with Gasteiger partial charge < -0.3 is 0 Å². The third-order valence-corrected chi connectivity index (χ3v) is 2.74. The molecule has 0 aliphatic rings. The lowest BCUT2D eigenvalue weighted by molar-refractivity contribution is 1.42. The molecule has 0 heterocycles. The molecule has 0 N–H and O–H groups in total. The summed E-state index contributed by atoms with van der Waals surface area (Å²) in [6, 6.07) is 22.8. The molecule has 0 amide bonds. The molecule has 3 rings (SSSR count). The Kier molecular flexibility index (Phi) is 4.67. The van der Waals surface area contributed by atoms with Gasteiger partial charge in [-0.15, -0.1) is 9.81 Å². The van der Waals surface area contributed by atoms with E-state index >= 15 is 0 Å². The first-order valence-corrected chi connectivity index (χ1v) is 6.04. The minimum absolute atomic E-state index is 0.0810. The van der Waals surface area contributed by atoms with Gasteiger partial charge in [0.1, 0.15) is 11.4 Å². The number of hydrogen-bond donors (Lipinski definition) is 0. The summed E-state index contributed by atoms with van der Waals surface area (Å²) in [4.78, 5) is 19.9. The van der Waals surface area contributed by atoms with Crippen molar-refractivity contribution in [1.82, 2.24) is 0 Å². The maximum atomic E-state index is 9.94. The molecule has 0 aliphatic heterocycles. The maximum absolute atomic E-state index is 9.94. The first-order valence-electron chi connectivity index (χ1n) is 6.04. The molecule has 0 atom stereocenters. The van der Waals surface area contributed by atoms with Gasteiger partial charge in [-0.3, -0.25) is 0 Å². The minimum Gasteiger partial charge on any atom is -0.145 e. The maximum Gasteiger partial charge on any atom is 0.137 e. The molecular weight excluding hydrogens is 252 g/mol. The van der Waals surface area contributed by atoms with Crippen molar-refractivity contribution in [3.63, 3.8) is 0 Å². The molecule has 0 radical (unpaired) electrons. The third-order valence-electron chi connectivity index (χ3n) is 2.74. The second-order valence-corrected chi connectivity index (χ2v) is 4.02. The fourth-order valence-corrected chi connectivity index (χ4v) is 1.75. The standard InChI is InChI=1S/C10H8.C6H4N2O2/c1-2-6-10-8-4-3-7-9(10)5-1;9-7-5-3-1-2-4-6(5)8-10/h1-8H;1-4H. The molecule has 0 spiro atoms. The Labute approximate surface area is 116 Å². The van der Waals surface area contributed by atoms with Gasteiger partial charge in [0.05, 0.1) is 0 Å². The molecule has 0 aromatic heterocycles. The Morgan fingerprint density at radius 3 is 1.10 bits per heavy atom. The number of nitroso groups, excluding NO2 is 2. The second kappa shape index (κ2) is 6.89. The van der Waals surface area contributed by atoms with Gasteiger partial charge >= 0.3 is 0 Å². The smallest absolute Gasteiger partial charge is 0.137 e. The van der Waals surface area contributed by atoms with Crippen LogP contribution >= 0.6 is 0 Å². The van der Waals surface area contributed by atoms with Crippen LogP contribution in [0, 0.1) is 9.81 Å². The fraction of sp³-hybridized carbons (Fsp3) is 0. The van der Waals surface area contributed by atoms with E-state index in [0.717, 1.165) is 0 Å². The van der Waals surface area contributed by atoms with Gasteiger partial charge in [-0.25, -0.2) is 0 Å². The Morgan fingerprint density at radius 1 is 0.500 bits per heavy atom. The highest BCUT2D eigenvalue weighted by atomic mass is 16.3. The molecule has 0 bridgehead atoms. The second-order valence-electron chi connectivity index (χ2n) is 4.02. The highest BCUT2D eigenvalue weighted by Crippen LogP contribution is 2.25. The summed E-state index contributed by atoms with van der Waals surface area (Å²) >= 11 is 0. The fourth-order valence-electron chi connectivity index (χ4n) is 1.75. The van der Waals surface area contributed by atoms with Crippen LogP contribution in [0.5, 0.6) is 0 Å². The van der Waals surface area contributed by atoms with Crippen LogP contribution < -0.4 is 0 Å². The van der Waals surface area contributed by atoms with E-state index in [2.05, 4.69) is 58.9 Å². The number of rotatable bonds is 2. The van der Waals surface area contributed by atoms with Gasteiger partial charge in [-0.05, 0) is 33.3 Å². The van der Waals surface area contributed by atoms with E-state index in [1.165, 1.54) is 22.9 Å². The number of fused-ring (bicyclic) bond motifs is 1. The topological polar surface area (TPSA) is 58.9 Å². The molecule has 4 nitrogen and oxygen atoms in total.